The van der Waals surface area contributed by atoms with E-state index in [0.717, 1.165) is 0 Å². The fourth-order valence-electron chi connectivity index (χ4n) is 2.38. The first-order valence-corrected chi connectivity index (χ1v) is 6.41. The molecule has 1 saturated heterocycles. The quantitative estimate of drug-likeness (QED) is 0.751. The molecule has 3 rings (SSSR count). The molecule has 0 radical (unpaired) electrons. The Morgan fingerprint density at radius 2 is 2.35 bits per heavy atom. The van der Waals surface area contributed by atoms with Gasteiger partial charge in [-0.05, 0) is 25.1 Å². The van der Waals surface area contributed by atoms with Crippen LogP contribution in [0.3, 0.4) is 0 Å². The van der Waals surface area contributed by atoms with Gasteiger partial charge in [0.1, 0.15) is 0 Å². The Labute approximate surface area is 114 Å². The molecule has 2 aromatic rings. The Kier molecular flexibility index (Phi) is 3.29. The highest BCUT2D eigenvalue weighted by molar-refractivity contribution is 5.85. The van der Waals surface area contributed by atoms with Gasteiger partial charge < -0.3 is 10.4 Å². The van der Waals surface area contributed by atoms with E-state index >= 15 is 0 Å². The molecule has 0 aliphatic carbocycles. The van der Waals surface area contributed by atoms with Gasteiger partial charge in [0, 0.05) is 6.20 Å². The lowest BCUT2D eigenvalue weighted by atomic mass is 10.1. The number of Topliss-reactive ketones (excluding diaryl/α,β-unsaturated/α-hetero) is 1. The monoisotopic (exact) mass is 274 g/mol. The average Bonchev–Trinajstić information content (AvgIpc) is 2.88. The Balaban J connectivity index is 1.89. The van der Waals surface area contributed by atoms with E-state index in [1.165, 1.54) is 17.1 Å². The van der Waals surface area contributed by atoms with Crippen LogP contribution in [-0.2, 0) is 11.3 Å². The summed E-state index contributed by atoms with van der Waals surface area (Å²) in [5, 5.41) is 12.6. The smallest absolute Gasteiger partial charge is 0.280 e. The van der Waals surface area contributed by atoms with E-state index in [0.29, 0.717) is 18.5 Å². The maximum absolute atomic E-state index is 12.2. The van der Waals surface area contributed by atoms with E-state index in [1.54, 1.807) is 12.1 Å². The standard InChI is InChI=1S/C13H14N4O3/c18-9-3-5-15-12(9)10(19)6-17-7-16-8-2-1-4-14-11(8)13(17)20/h1-2,4,7,9,12,15,18H,3,5-6H2/t9-,12-/m0/s1. The molecule has 7 nitrogen and oxygen atoms in total. The maximum atomic E-state index is 12.2. The SMILES string of the molecule is O=C(Cn1cnc2cccnc2c1=O)[C@H]1NCC[C@@H]1O. The zero-order chi connectivity index (χ0) is 14.1. The number of hydrogen-bond donors (Lipinski definition) is 2. The van der Waals surface area contributed by atoms with Crippen molar-refractivity contribution in [1.82, 2.24) is 19.9 Å². The number of hydrogen-bond acceptors (Lipinski definition) is 6. The van der Waals surface area contributed by atoms with Crippen molar-refractivity contribution in [3.63, 3.8) is 0 Å². The average molecular weight is 274 g/mol. The lowest BCUT2D eigenvalue weighted by Gasteiger charge is -2.14. The van der Waals surface area contributed by atoms with Gasteiger partial charge in [-0.2, -0.15) is 0 Å². The number of fused-ring (bicyclic) bond motifs is 1. The fraction of sp³-hybridized carbons (Fsp3) is 0.385. The van der Waals surface area contributed by atoms with Gasteiger partial charge in [0.25, 0.3) is 5.56 Å². The fourth-order valence-corrected chi connectivity index (χ4v) is 2.38. The molecule has 2 aromatic heterocycles. The number of nitrogens with zero attached hydrogens (tertiary/aromatic N) is 3. The molecule has 7 heteroatoms. The third-order valence-electron chi connectivity index (χ3n) is 3.45. The van der Waals surface area contributed by atoms with Gasteiger partial charge in [-0.1, -0.05) is 0 Å². The molecule has 1 aliphatic rings. The number of aliphatic hydroxyl groups is 1. The summed E-state index contributed by atoms with van der Waals surface area (Å²) < 4.78 is 1.23. The van der Waals surface area contributed by atoms with Crippen molar-refractivity contribution in [3.8, 4) is 0 Å². The van der Waals surface area contributed by atoms with Gasteiger partial charge in [0.05, 0.1) is 30.5 Å². The third kappa shape index (κ3) is 2.21. The second-order valence-corrected chi connectivity index (χ2v) is 4.80. The number of rotatable bonds is 3. The molecule has 0 spiro atoms. The highest BCUT2D eigenvalue weighted by atomic mass is 16.3. The number of pyridine rings is 1. The molecule has 3 heterocycles. The predicted octanol–water partition coefficient (Wildman–Crippen LogP) is -0.917. The van der Waals surface area contributed by atoms with E-state index in [9.17, 15) is 14.7 Å². The van der Waals surface area contributed by atoms with Crippen LogP contribution in [0.5, 0.6) is 0 Å². The number of ketones is 1. The maximum Gasteiger partial charge on any atom is 0.280 e. The van der Waals surface area contributed by atoms with Crippen LogP contribution in [0.2, 0.25) is 0 Å². The van der Waals surface area contributed by atoms with Gasteiger partial charge >= 0.3 is 0 Å². The summed E-state index contributed by atoms with van der Waals surface area (Å²) in [6.45, 7) is 0.483. The summed E-state index contributed by atoms with van der Waals surface area (Å²) in [5.41, 5.74) is 0.388. The molecular formula is C13H14N4O3. The third-order valence-corrected chi connectivity index (χ3v) is 3.45. The van der Waals surface area contributed by atoms with Gasteiger partial charge in [0.2, 0.25) is 0 Å². The summed E-state index contributed by atoms with van der Waals surface area (Å²) in [7, 11) is 0. The van der Waals surface area contributed by atoms with Crippen LogP contribution in [0.1, 0.15) is 6.42 Å². The van der Waals surface area contributed by atoms with E-state index in [-0.39, 0.29) is 23.4 Å². The Morgan fingerprint density at radius 3 is 3.10 bits per heavy atom. The Morgan fingerprint density at radius 1 is 1.50 bits per heavy atom. The zero-order valence-electron chi connectivity index (χ0n) is 10.7. The molecule has 1 fully saturated rings. The minimum Gasteiger partial charge on any atom is -0.391 e. The molecule has 0 unspecified atom stereocenters. The zero-order valence-corrected chi connectivity index (χ0v) is 10.7. The first-order valence-electron chi connectivity index (χ1n) is 6.41. The van der Waals surface area contributed by atoms with Gasteiger partial charge in [0.15, 0.2) is 11.3 Å². The second-order valence-electron chi connectivity index (χ2n) is 4.80. The molecule has 0 amide bonds. The van der Waals surface area contributed by atoms with Crippen LogP contribution < -0.4 is 10.9 Å². The van der Waals surface area contributed by atoms with Crippen LogP contribution in [0.4, 0.5) is 0 Å². The van der Waals surface area contributed by atoms with Crippen molar-refractivity contribution in [2.45, 2.75) is 25.1 Å². The molecule has 0 aromatic carbocycles. The van der Waals surface area contributed by atoms with Crippen LogP contribution in [0.15, 0.2) is 29.5 Å². The molecule has 0 bridgehead atoms. The molecule has 104 valence electrons. The topological polar surface area (TPSA) is 97.1 Å². The molecule has 20 heavy (non-hydrogen) atoms. The van der Waals surface area contributed by atoms with Crippen molar-refractivity contribution >= 4 is 16.8 Å². The van der Waals surface area contributed by atoms with Crippen LogP contribution in [-0.4, -0.2) is 44.1 Å². The second kappa shape index (κ2) is 5.10. The predicted molar refractivity (Wildman–Crippen MR) is 71.2 cm³/mol. The first kappa shape index (κ1) is 12.9. The van der Waals surface area contributed by atoms with Crippen molar-refractivity contribution in [3.05, 3.63) is 35.0 Å². The minimum absolute atomic E-state index is 0.118. The Bertz CT molecular complexity index is 712. The first-order chi connectivity index (χ1) is 9.66. The Hall–Kier alpha value is -2.12. The summed E-state index contributed by atoms with van der Waals surface area (Å²) in [6.07, 6.45) is 2.71. The summed E-state index contributed by atoms with van der Waals surface area (Å²) in [5.74, 6) is -0.228. The lowest BCUT2D eigenvalue weighted by molar-refractivity contribution is -0.123. The van der Waals surface area contributed by atoms with E-state index in [2.05, 4.69) is 15.3 Å². The van der Waals surface area contributed by atoms with E-state index in [1.807, 2.05) is 0 Å². The summed E-state index contributed by atoms with van der Waals surface area (Å²) >= 11 is 0. The van der Waals surface area contributed by atoms with Gasteiger partial charge in [-0.3, -0.25) is 14.2 Å². The number of aliphatic hydroxyl groups excluding tert-OH is 1. The highest BCUT2D eigenvalue weighted by Crippen LogP contribution is 2.08. The number of carbonyl (C=O) groups excluding carboxylic acids is 1. The largest absolute Gasteiger partial charge is 0.391 e. The normalized spacial score (nSPS) is 22.2. The van der Waals surface area contributed by atoms with E-state index in [4.69, 9.17) is 0 Å². The van der Waals surface area contributed by atoms with Crippen molar-refractivity contribution < 1.29 is 9.90 Å². The van der Waals surface area contributed by atoms with Crippen LogP contribution in [0.25, 0.3) is 11.0 Å². The van der Waals surface area contributed by atoms with E-state index < -0.39 is 12.1 Å². The minimum atomic E-state index is -0.690. The van der Waals surface area contributed by atoms with Crippen LogP contribution >= 0.6 is 0 Å². The van der Waals surface area contributed by atoms with Crippen LogP contribution in [0, 0.1) is 0 Å². The number of aromatic nitrogens is 3. The molecule has 2 atom stereocenters. The van der Waals surface area contributed by atoms with Gasteiger partial charge in [-0.15, -0.1) is 0 Å². The molecular weight excluding hydrogens is 260 g/mol. The number of carbonyl (C=O) groups is 1. The highest BCUT2D eigenvalue weighted by Gasteiger charge is 2.31. The summed E-state index contributed by atoms with van der Waals surface area (Å²) in [4.78, 5) is 32.4. The lowest BCUT2D eigenvalue weighted by Crippen LogP contribution is -2.41. The number of nitrogens with one attached hydrogen (secondary N) is 1. The molecule has 2 N–H and O–H groups in total. The molecule has 1 aliphatic heterocycles. The van der Waals surface area contributed by atoms with Crippen molar-refractivity contribution in [2.24, 2.45) is 0 Å². The molecule has 0 saturated carbocycles. The van der Waals surface area contributed by atoms with Gasteiger partial charge in [-0.25, -0.2) is 9.97 Å². The summed E-state index contributed by atoms with van der Waals surface area (Å²) in [6, 6.07) is 2.78. The van der Waals surface area contributed by atoms with Crippen molar-refractivity contribution in [1.29, 1.82) is 0 Å². The van der Waals surface area contributed by atoms with Crippen molar-refractivity contribution in [2.75, 3.05) is 6.54 Å².